The average molecular weight is 311 g/mol. The van der Waals surface area contributed by atoms with E-state index in [-0.39, 0.29) is 12.5 Å². The Labute approximate surface area is 126 Å². The maximum absolute atomic E-state index is 13.5. The predicted octanol–water partition coefficient (Wildman–Crippen LogP) is 1.56. The van der Waals surface area contributed by atoms with Crippen LogP contribution in [0.4, 0.5) is 8.78 Å². The summed E-state index contributed by atoms with van der Waals surface area (Å²) in [6.45, 7) is 2.54. The van der Waals surface area contributed by atoms with Gasteiger partial charge >= 0.3 is 0 Å². The van der Waals surface area contributed by atoms with Gasteiger partial charge in [0, 0.05) is 6.42 Å². The van der Waals surface area contributed by atoms with Gasteiger partial charge in [0.05, 0.1) is 18.8 Å². The van der Waals surface area contributed by atoms with Crippen molar-refractivity contribution in [2.75, 3.05) is 13.1 Å². The summed E-state index contributed by atoms with van der Waals surface area (Å²) in [5.41, 5.74) is 0.0197. The number of aromatic nitrogens is 4. The van der Waals surface area contributed by atoms with E-state index in [0.717, 1.165) is 30.5 Å². The number of nitrogens with zero attached hydrogens (tertiary/aromatic N) is 4. The molecule has 3 heterocycles. The summed E-state index contributed by atoms with van der Waals surface area (Å²) in [7, 11) is 0. The van der Waals surface area contributed by atoms with Gasteiger partial charge in [-0.15, -0.1) is 0 Å². The van der Waals surface area contributed by atoms with Gasteiger partial charge in [-0.2, -0.15) is 5.10 Å². The van der Waals surface area contributed by atoms with E-state index >= 15 is 0 Å². The van der Waals surface area contributed by atoms with Crippen LogP contribution in [0.5, 0.6) is 0 Å². The first-order valence-corrected chi connectivity index (χ1v) is 7.53. The fourth-order valence-electron chi connectivity index (χ4n) is 2.76. The molecule has 22 heavy (non-hydrogen) atoms. The van der Waals surface area contributed by atoms with Crippen LogP contribution in [-0.4, -0.2) is 38.3 Å². The van der Waals surface area contributed by atoms with Crippen LogP contribution in [0.1, 0.15) is 32.2 Å². The quantitative estimate of drug-likeness (QED) is 0.931. The molecule has 0 aliphatic carbocycles. The molecular weight excluding hydrogens is 292 g/mol. The zero-order valence-corrected chi connectivity index (χ0v) is 12.4. The van der Waals surface area contributed by atoms with Crippen molar-refractivity contribution >= 4 is 11.0 Å². The first-order chi connectivity index (χ1) is 10.5. The van der Waals surface area contributed by atoms with Crippen LogP contribution in [0, 0.1) is 0 Å². The van der Waals surface area contributed by atoms with Gasteiger partial charge in [-0.25, -0.2) is 18.4 Å². The molecule has 1 aliphatic rings. The smallest absolute Gasteiger partial charge is 0.265 e. The van der Waals surface area contributed by atoms with E-state index in [1.165, 1.54) is 19.4 Å². The van der Waals surface area contributed by atoms with E-state index in [4.69, 9.17) is 0 Å². The molecule has 0 amide bonds. The minimum Gasteiger partial charge on any atom is -0.317 e. The number of alkyl halides is 2. The van der Waals surface area contributed by atoms with Gasteiger partial charge < -0.3 is 5.32 Å². The molecule has 0 bridgehead atoms. The van der Waals surface area contributed by atoms with Gasteiger partial charge in [-0.1, -0.05) is 6.92 Å². The molecule has 1 saturated heterocycles. The maximum Gasteiger partial charge on any atom is 0.265 e. The molecule has 0 aromatic carbocycles. The molecule has 1 aliphatic heterocycles. The maximum atomic E-state index is 13.5. The minimum atomic E-state index is -2.91. The lowest BCUT2D eigenvalue weighted by atomic mass is 10.1. The Bertz CT molecular complexity index is 718. The van der Waals surface area contributed by atoms with Crippen molar-refractivity contribution in [3.63, 3.8) is 0 Å². The van der Waals surface area contributed by atoms with Crippen molar-refractivity contribution in [1.29, 1.82) is 0 Å². The molecule has 8 heteroatoms. The SMILES string of the molecule is CCC(F)(F)Cn1cnc2c(cnn2C2CCNCC2)c1=O. The van der Waals surface area contributed by atoms with Crippen LogP contribution in [0.15, 0.2) is 17.3 Å². The minimum absolute atomic E-state index is 0.193. The fraction of sp³-hybridized carbons (Fsp3) is 0.643. The Morgan fingerprint density at radius 2 is 2.14 bits per heavy atom. The van der Waals surface area contributed by atoms with Crippen LogP contribution in [0.2, 0.25) is 0 Å². The number of nitrogens with one attached hydrogen (secondary N) is 1. The van der Waals surface area contributed by atoms with E-state index in [9.17, 15) is 13.6 Å². The van der Waals surface area contributed by atoms with E-state index in [0.29, 0.717) is 11.0 Å². The molecular formula is C14H19F2N5O. The Hall–Kier alpha value is -1.83. The highest BCUT2D eigenvalue weighted by Crippen LogP contribution is 2.22. The van der Waals surface area contributed by atoms with Crippen LogP contribution < -0.4 is 10.9 Å². The summed E-state index contributed by atoms with van der Waals surface area (Å²) in [5.74, 6) is -2.91. The molecule has 0 saturated carbocycles. The van der Waals surface area contributed by atoms with Crippen LogP contribution in [0.3, 0.4) is 0 Å². The molecule has 1 N–H and O–H groups in total. The lowest BCUT2D eigenvalue weighted by Gasteiger charge is -2.23. The van der Waals surface area contributed by atoms with Gasteiger partial charge in [0.25, 0.3) is 11.5 Å². The Morgan fingerprint density at radius 3 is 2.82 bits per heavy atom. The predicted molar refractivity (Wildman–Crippen MR) is 78.2 cm³/mol. The van der Waals surface area contributed by atoms with Crippen molar-refractivity contribution in [2.45, 2.75) is 44.7 Å². The second-order valence-electron chi connectivity index (χ2n) is 5.69. The monoisotopic (exact) mass is 311 g/mol. The third-order valence-electron chi connectivity index (χ3n) is 4.15. The molecule has 2 aromatic heterocycles. The van der Waals surface area contributed by atoms with Crippen LogP contribution >= 0.6 is 0 Å². The molecule has 0 atom stereocenters. The lowest BCUT2D eigenvalue weighted by molar-refractivity contribution is -0.0208. The zero-order chi connectivity index (χ0) is 15.7. The highest BCUT2D eigenvalue weighted by Gasteiger charge is 2.28. The lowest BCUT2D eigenvalue weighted by Crippen LogP contribution is -2.31. The summed E-state index contributed by atoms with van der Waals surface area (Å²) in [6, 6.07) is 0.193. The third kappa shape index (κ3) is 2.75. The molecule has 6 nitrogen and oxygen atoms in total. The standard InChI is InChI=1S/C14H19F2N5O/c1-2-14(15,16)8-20-9-18-12-11(13(20)22)7-19-21(12)10-3-5-17-6-4-10/h7,9-10,17H,2-6,8H2,1H3. The number of fused-ring (bicyclic) bond motifs is 1. The van der Waals surface area contributed by atoms with Gasteiger partial charge in [0.2, 0.25) is 0 Å². The molecule has 0 unspecified atom stereocenters. The number of halogens is 2. The van der Waals surface area contributed by atoms with Crippen molar-refractivity contribution in [2.24, 2.45) is 0 Å². The number of rotatable bonds is 4. The molecule has 0 spiro atoms. The van der Waals surface area contributed by atoms with Crippen molar-refractivity contribution < 1.29 is 8.78 Å². The average Bonchev–Trinajstić information content (AvgIpc) is 2.95. The zero-order valence-electron chi connectivity index (χ0n) is 12.4. The molecule has 2 aromatic rings. The highest BCUT2D eigenvalue weighted by molar-refractivity contribution is 5.73. The van der Waals surface area contributed by atoms with E-state index in [1.807, 2.05) is 0 Å². The van der Waals surface area contributed by atoms with E-state index < -0.39 is 18.0 Å². The van der Waals surface area contributed by atoms with Gasteiger partial charge in [-0.3, -0.25) is 9.36 Å². The molecule has 3 rings (SSSR count). The number of piperidine rings is 1. The second-order valence-corrected chi connectivity index (χ2v) is 5.69. The van der Waals surface area contributed by atoms with Crippen molar-refractivity contribution in [3.05, 3.63) is 22.9 Å². The molecule has 1 fully saturated rings. The number of hydrogen-bond acceptors (Lipinski definition) is 4. The Morgan fingerprint density at radius 1 is 1.41 bits per heavy atom. The van der Waals surface area contributed by atoms with Gasteiger partial charge in [0.15, 0.2) is 5.65 Å². The summed E-state index contributed by atoms with van der Waals surface area (Å²) in [4.78, 5) is 16.5. The molecule has 0 radical (unpaired) electrons. The van der Waals surface area contributed by atoms with Crippen molar-refractivity contribution in [3.8, 4) is 0 Å². The summed E-state index contributed by atoms with van der Waals surface area (Å²) in [6.07, 6.45) is 4.15. The Balaban J connectivity index is 1.97. The topological polar surface area (TPSA) is 64.7 Å². The summed E-state index contributed by atoms with van der Waals surface area (Å²) in [5, 5.41) is 7.83. The van der Waals surface area contributed by atoms with Gasteiger partial charge in [-0.05, 0) is 25.9 Å². The normalized spacial score (nSPS) is 17.2. The number of hydrogen-bond donors (Lipinski definition) is 1. The fourth-order valence-corrected chi connectivity index (χ4v) is 2.76. The Kier molecular flexibility index (Phi) is 3.94. The second kappa shape index (κ2) is 5.75. The first-order valence-electron chi connectivity index (χ1n) is 7.53. The van der Waals surface area contributed by atoms with E-state index in [1.54, 1.807) is 4.68 Å². The molecule has 120 valence electrons. The third-order valence-corrected chi connectivity index (χ3v) is 4.15. The van der Waals surface area contributed by atoms with Crippen molar-refractivity contribution in [1.82, 2.24) is 24.6 Å². The first kappa shape index (κ1) is 15.1. The van der Waals surface area contributed by atoms with Crippen LogP contribution in [-0.2, 0) is 6.54 Å². The van der Waals surface area contributed by atoms with E-state index in [2.05, 4.69) is 15.4 Å². The van der Waals surface area contributed by atoms with Crippen LogP contribution in [0.25, 0.3) is 11.0 Å². The summed E-state index contributed by atoms with van der Waals surface area (Å²) >= 11 is 0. The summed E-state index contributed by atoms with van der Waals surface area (Å²) < 4.78 is 29.7. The van der Waals surface area contributed by atoms with Gasteiger partial charge in [0.1, 0.15) is 11.7 Å². The highest BCUT2D eigenvalue weighted by atomic mass is 19.3. The largest absolute Gasteiger partial charge is 0.317 e.